The molecule has 51 valence electrons. The molecule has 0 aliphatic rings. The summed E-state index contributed by atoms with van der Waals surface area (Å²) in [6, 6.07) is 6.34. The molecule has 0 amide bonds. The Kier molecular flexibility index (Phi) is 2.55. The first kappa shape index (κ1) is 7.87. The highest BCUT2D eigenvalue weighted by molar-refractivity contribution is 9.10. The largest absolute Gasteiger partial charge is 0.149 e. The van der Waals surface area contributed by atoms with Crippen molar-refractivity contribution in [1.82, 2.24) is 0 Å². The van der Waals surface area contributed by atoms with Gasteiger partial charge in [-0.3, -0.25) is 0 Å². The number of halogens is 1. The van der Waals surface area contributed by atoms with Gasteiger partial charge in [0.25, 0.3) is 0 Å². The zero-order valence-electron chi connectivity index (χ0n) is 6.19. The smallest absolute Gasteiger partial charge is 0.0872 e. The van der Waals surface area contributed by atoms with Gasteiger partial charge in [-0.05, 0) is 13.0 Å². The van der Waals surface area contributed by atoms with Gasteiger partial charge < -0.3 is 0 Å². The fraction of sp³-hybridized carbons (Fsp3) is 0.250. The molecule has 2 heteroatoms. The predicted molar refractivity (Wildman–Crippen MR) is 50.1 cm³/mol. The lowest BCUT2D eigenvalue weighted by atomic mass is 9.73. The SMILES string of the molecule is C[B]c1ccc(C)cc1Br. The number of aryl methyl sites for hydroxylation is 1. The highest BCUT2D eigenvalue weighted by Crippen LogP contribution is 2.07. The fourth-order valence-corrected chi connectivity index (χ4v) is 1.59. The van der Waals surface area contributed by atoms with E-state index in [4.69, 9.17) is 0 Å². The van der Waals surface area contributed by atoms with Crippen LogP contribution in [0.2, 0.25) is 6.82 Å². The first-order valence-electron chi connectivity index (χ1n) is 3.29. The van der Waals surface area contributed by atoms with Gasteiger partial charge in [0.15, 0.2) is 0 Å². The number of benzene rings is 1. The van der Waals surface area contributed by atoms with Crippen LogP contribution in [0.3, 0.4) is 0 Å². The van der Waals surface area contributed by atoms with Gasteiger partial charge in [0, 0.05) is 4.47 Å². The van der Waals surface area contributed by atoms with Crippen molar-refractivity contribution in [2.75, 3.05) is 0 Å². The van der Waals surface area contributed by atoms with E-state index < -0.39 is 0 Å². The second-order valence-electron chi connectivity index (χ2n) is 2.31. The first-order chi connectivity index (χ1) is 4.74. The normalized spacial score (nSPS) is 9.50. The van der Waals surface area contributed by atoms with E-state index in [9.17, 15) is 0 Å². The minimum atomic E-state index is 1.18. The molecule has 1 aromatic rings. The summed E-state index contributed by atoms with van der Waals surface area (Å²) in [6.07, 6.45) is 0. The number of rotatable bonds is 1. The average molecular weight is 196 g/mol. The lowest BCUT2D eigenvalue weighted by Crippen LogP contribution is -2.11. The van der Waals surface area contributed by atoms with Crippen molar-refractivity contribution < 1.29 is 0 Å². The van der Waals surface area contributed by atoms with Crippen LogP contribution in [0.4, 0.5) is 0 Å². The molecule has 0 aromatic heterocycles. The fourth-order valence-electron chi connectivity index (χ4n) is 0.866. The second-order valence-corrected chi connectivity index (χ2v) is 3.17. The molecule has 0 N–H and O–H groups in total. The Bertz CT molecular complexity index is 233. The zero-order valence-corrected chi connectivity index (χ0v) is 7.77. The summed E-state index contributed by atoms with van der Waals surface area (Å²) in [7, 11) is 2.09. The molecule has 0 spiro atoms. The Hall–Kier alpha value is -0.235. The van der Waals surface area contributed by atoms with Crippen molar-refractivity contribution in [1.29, 1.82) is 0 Å². The molecule has 1 rings (SSSR count). The van der Waals surface area contributed by atoms with Gasteiger partial charge in [0.2, 0.25) is 0 Å². The number of hydrogen-bond acceptors (Lipinski definition) is 0. The minimum Gasteiger partial charge on any atom is -0.0872 e. The van der Waals surface area contributed by atoms with Gasteiger partial charge in [0.05, 0.1) is 0 Å². The molecule has 0 saturated carbocycles. The van der Waals surface area contributed by atoms with Gasteiger partial charge >= 0.3 is 0 Å². The third kappa shape index (κ3) is 1.63. The van der Waals surface area contributed by atoms with Crippen molar-refractivity contribution in [2.24, 2.45) is 0 Å². The van der Waals surface area contributed by atoms with E-state index in [1.54, 1.807) is 0 Å². The van der Waals surface area contributed by atoms with Crippen molar-refractivity contribution in [3.8, 4) is 0 Å². The zero-order chi connectivity index (χ0) is 7.56. The Morgan fingerprint density at radius 1 is 1.40 bits per heavy atom. The number of hydrogen-bond donors (Lipinski definition) is 0. The summed E-state index contributed by atoms with van der Waals surface area (Å²) in [5.74, 6) is 0. The first-order valence-corrected chi connectivity index (χ1v) is 4.09. The van der Waals surface area contributed by atoms with Gasteiger partial charge in [0.1, 0.15) is 7.28 Å². The van der Waals surface area contributed by atoms with E-state index in [1.165, 1.54) is 15.5 Å². The summed E-state index contributed by atoms with van der Waals surface area (Å²) >= 11 is 3.48. The molecule has 0 fully saturated rings. The summed E-state index contributed by atoms with van der Waals surface area (Å²) in [5.41, 5.74) is 2.54. The molecular formula is C8H9BBr. The Morgan fingerprint density at radius 2 is 2.10 bits per heavy atom. The molecule has 0 unspecified atom stereocenters. The quantitative estimate of drug-likeness (QED) is 0.603. The van der Waals surface area contributed by atoms with Gasteiger partial charge in [-0.25, -0.2) is 0 Å². The standard InChI is InChI=1S/C8H9BBr/c1-6-3-4-7(9-2)8(10)5-6/h3-5H,1-2H3. The van der Waals surface area contributed by atoms with E-state index in [-0.39, 0.29) is 0 Å². The molecular weight excluding hydrogens is 187 g/mol. The van der Waals surface area contributed by atoms with Gasteiger partial charge in [-0.15, -0.1) is 0 Å². The van der Waals surface area contributed by atoms with E-state index in [2.05, 4.69) is 48.3 Å². The van der Waals surface area contributed by atoms with Crippen LogP contribution >= 0.6 is 15.9 Å². The van der Waals surface area contributed by atoms with Gasteiger partial charge in [-0.2, -0.15) is 0 Å². The molecule has 0 aliphatic carbocycles. The maximum atomic E-state index is 3.48. The van der Waals surface area contributed by atoms with Crippen LogP contribution in [-0.4, -0.2) is 7.28 Å². The van der Waals surface area contributed by atoms with Gasteiger partial charge in [-0.1, -0.05) is 45.9 Å². The van der Waals surface area contributed by atoms with E-state index in [1.807, 2.05) is 6.82 Å². The van der Waals surface area contributed by atoms with Crippen LogP contribution in [0.25, 0.3) is 0 Å². The van der Waals surface area contributed by atoms with E-state index >= 15 is 0 Å². The summed E-state index contributed by atoms with van der Waals surface area (Å²) in [5, 5.41) is 0. The van der Waals surface area contributed by atoms with Crippen LogP contribution in [0.5, 0.6) is 0 Å². The third-order valence-corrected chi connectivity index (χ3v) is 2.15. The van der Waals surface area contributed by atoms with Crippen LogP contribution in [0, 0.1) is 6.92 Å². The minimum absolute atomic E-state index is 1.18. The molecule has 1 aromatic carbocycles. The molecule has 1 radical (unpaired) electrons. The molecule has 0 saturated heterocycles. The third-order valence-electron chi connectivity index (χ3n) is 1.47. The van der Waals surface area contributed by atoms with Crippen LogP contribution < -0.4 is 5.46 Å². The van der Waals surface area contributed by atoms with Crippen molar-refractivity contribution in [3.05, 3.63) is 28.2 Å². The average Bonchev–Trinajstić information content (AvgIpc) is 1.88. The summed E-state index contributed by atoms with van der Waals surface area (Å²) in [4.78, 5) is 0. The molecule has 10 heavy (non-hydrogen) atoms. The van der Waals surface area contributed by atoms with Crippen molar-refractivity contribution in [3.63, 3.8) is 0 Å². The van der Waals surface area contributed by atoms with Crippen molar-refractivity contribution >= 4 is 28.7 Å². The van der Waals surface area contributed by atoms with Crippen molar-refractivity contribution in [2.45, 2.75) is 13.7 Å². The molecule has 0 aliphatic heterocycles. The molecule has 0 atom stereocenters. The van der Waals surface area contributed by atoms with Crippen LogP contribution in [0.15, 0.2) is 22.7 Å². The molecule has 0 nitrogen and oxygen atoms in total. The molecule has 0 heterocycles. The van der Waals surface area contributed by atoms with E-state index in [0.717, 1.165) is 0 Å². The monoisotopic (exact) mass is 195 g/mol. The van der Waals surface area contributed by atoms with Crippen LogP contribution in [-0.2, 0) is 0 Å². The summed E-state index contributed by atoms with van der Waals surface area (Å²) < 4.78 is 1.18. The lowest BCUT2D eigenvalue weighted by Gasteiger charge is -2.00. The molecule has 0 bridgehead atoms. The Labute approximate surface area is 71.0 Å². The summed E-state index contributed by atoms with van der Waals surface area (Å²) in [6.45, 7) is 4.12. The second kappa shape index (κ2) is 3.24. The lowest BCUT2D eigenvalue weighted by molar-refractivity contribution is 1.47. The topological polar surface area (TPSA) is 0 Å². The van der Waals surface area contributed by atoms with Crippen LogP contribution in [0.1, 0.15) is 5.56 Å². The Morgan fingerprint density at radius 3 is 2.60 bits per heavy atom. The Balaban J connectivity index is 3.07. The predicted octanol–water partition coefficient (Wildman–Crippen LogP) is 2.14. The van der Waals surface area contributed by atoms with E-state index in [0.29, 0.717) is 0 Å². The maximum absolute atomic E-state index is 3.48. The maximum Gasteiger partial charge on any atom is 0.149 e. The highest BCUT2D eigenvalue weighted by atomic mass is 79.9. The highest BCUT2D eigenvalue weighted by Gasteiger charge is 1.95.